The van der Waals surface area contributed by atoms with Gasteiger partial charge in [0.05, 0.1) is 5.69 Å². The first-order valence-electron chi connectivity index (χ1n) is 3.74. The van der Waals surface area contributed by atoms with Gasteiger partial charge in [-0.15, -0.1) is 0 Å². The Hall–Kier alpha value is -1.02. The van der Waals surface area contributed by atoms with Crippen molar-refractivity contribution >= 4 is 5.69 Å². The molecule has 0 spiro atoms. The Morgan fingerprint density at radius 1 is 1.36 bits per heavy atom. The van der Waals surface area contributed by atoms with E-state index < -0.39 is 0 Å². The van der Waals surface area contributed by atoms with Gasteiger partial charge in [-0.3, -0.25) is 10.7 Å². The molecule has 0 radical (unpaired) electrons. The van der Waals surface area contributed by atoms with Gasteiger partial charge < -0.3 is 0 Å². The van der Waals surface area contributed by atoms with Gasteiger partial charge in [-0.05, 0) is 23.6 Å². The molecule has 0 aliphatic carbocycles. The third kappa shape index (κ3) is 1.95. The molecule has 0 aromatic heterocycles. The molecule has 1 rings (SSSR count). The number of rotatable bonds is 2. The average Bonchev–Trinajstić information content (AvgIpc) is 2.05. The van der Waals surface area contributed by atoms with Crippen molar-refractivity contribution in [3.63, 3.8) is 0 Å². The van der Waals surface area contributed by atoms with E-state index >= 15 is 0 Å². The monoisotopic (exact) mass is 151 g/mol. The second-order valence-electron chi connectivity index (χ2n) is 2.89. The largest absolute Gasteiger partial charge is 0.291 e. The van der Waals surface area contributed by atoms with Gasteiger partial charge in [0.2, 0.25) is 0 Å². The third-order valence-corrected chi connectivity index (χ3v) is 1.68. The lowest BCUT2D eigenvalue weighted by atomic mass is 10.0. The lowest BCUT2D eigenvalue weighted by Crippen LogP contribution is -1.92. The summed E-state index contributed by atoms with van der Waals surface area (Å²) in [6.07, 6.45) is 0. The van der Waals surface area contributed by atoms with Crippen LogP contribution in [0.4, 0.5) is 5.69 Å². The molecule has 0 aliphatic heterocycles. The van der Waals surface area contributed by atoms with Crippen molar-refractivity contribution < 1.29 is 5.21 Å². The van der Waals surface area contributed by atoms with Crippen molar-refractivity contribution in [3.8, 4) is 0 Å². The highest BCUT2D eigenvalue weighted by molar-refractivity contribution is 5.44. The van der Waals surface area contributed by atoms with Crippen molar-refractivity contribution in [2.75, 3.05) is 5.48 Å². The first-order chi connectivity index (χ1) is 5.24. The minimum absolute atomic E-state index is 0.503. The van der Waals surface area contributed by atoms with Gasteiger partial charge in [0.1, 0.15) is 0 Å². The molecule has 1 aromatic rings. The molecule has 0 aliphatic rings. The summed E-state index contributed by atoms with van der Waals surface area (Å²) in [4.78, 5) is 0. The Labute approximate surface area is 66.8 Å². The van der Waals surface area contributed by atoms with Gasteiger partial charge in [0.25, 0.3) is 0 Å². The first-order valence-corrected chi connectivity index (χ1v) is 3.74. The van der Waals surface area contributed by atoms with Gasteiger partial charge in [-0.1, -0.05) is 26.0 Å². The summed E-state index contributed by atoms with van der Waals surface area (Å²) < 4.78 is 0. The highest BCUT2D eigenvalue weighted by Crippen LogP contribution is 2.17. The molecule has 0 unspecified atom stereocenters. The van der Waals surface area contributed by atoms with Crippen LogP contribution >= 0.6 is 0 Å². The molecule has 2 N–H and O–H groups in total. The third-order valence-electron chi connectivity index (χ3n) is 1.68. The van der Waals surface area contributed by atoms with E-state index in [-0.39, 0.29) is 0 Å². The quantitative estimate of drug-likeness (QED) is 0.637. The zero-order valence-electron chi connectivity index (χ0n) is 6.83. The number of anilines is 1. The lowest BCUT2D eigenvalue weighted by molar-refractivity contribution is 0.389. The van der Waals surface area contributed by atoms with E-state index in [1.54, 1.807) is 0 Å². The maximum atomic E-state index is 8.59. The van der Waals surface area contributed by atoms with Crippen molar-refractivity contribution in [1.29, 1.82) is 0 Å². The first kappa shape index (κ1) is 8.08. The summed E-state index contributed by atoms with van der Waals surface area (Å²) in [5.74, 6) is 0.503. The molecule has 2 heteroatoms. The van der Waals surface area contributed by atoms with E-state index in [0.717, 1.165) is 5.69 Å². The molecule has 11 heavy (non-hydrogen) atoms. The van der Waals surface area contributed by atoms with Gasteiger partial charge in [0, 0.05) is 0 Å². The summed E-state index contributed by atoms with van der Waals surface area (Å²) in [6.45, 7) is 4.24. The van der Waals surface area contributed by atoms with Crippen LogP contribution in [-0.4, -0.2) is 5.21 Å². The van der Waals surface area contributed by atoms with Gasteiger partial charge in [0.15, 0.2) is 0 Å². The summed E-state index contributed by atoms with van der Waals surface area (Å²) >= 11 is 0. The van der Waals surface area contributed by atoms with Crippen LogP contribution < -0.4 is 5.48 Å². The number of nitrogens with one attached hydrogen (secondary N) is 1. The molecular weight excluding hydrogens is 138 g/mol. The predicted octanol–water partition coefficient (Wildman–Crippen LogP) is 2.61. The normalized spacial score (nSPS) is 10.2. The summed E-state index contributed by atoms with van der Waals surface area (Å²) in [6, 6.07) is 7.73. The minimum Gasteiger partial charge on any atom is -0.291 e. The molecule has 0 saturated carbocycles. The minimum atomic E-state index is 0.503. The van der Waals surface area contributed by atoms with Crippen LogP contribution in [0.3, 0.4) is 0 Å². The fraction of sp³-hybridized carbons (Fsp3) is 0.333. The standard InChI is InChI=1S/C9H13NO/c1-7(2)8-4-3-5-9(6-8)10-11/h3-7,10-11H,1-2H3. The Morgan fingerprint density at radius 2 is 2.09 bits per heavy atom. The highest BCUT2D eigenvalue weighted by Gasteiger charge is 1.98. The SMILES string of the molecule is CC(C)c1cccc(NO)c1. The molecule has 2 nitrogen and oxygen atoms in total. The summed E-state index contributed by atoms with van der Waals surface area (Å²) in [5, 5.41) is 8.59. The van der Waals surface area contributed by atoms with E-state index in [9.17, 15) is 0 Å². The lowest BCUT2D eigenvalue weighted by Gasteiger charge is -2.06. The van der Waals surface area contributed by atoms with E-state index in [1.165, 1.54) is 5.56 Å². The van der Waals surface area contributed by atoms with Crippen LogP contribution in [0.2, 0.25) is 0 Å². The summed E-state index contributed by atoms with van der Waals surface area (Å²) in [7, 11) is 0. The van der Waals surface area contributed by atoms with Gasteiger partial charge >= 0.3 is 0 Å². The topological polar surface area (TPSA) is 32.3 Å². The van der Waals surface area contributed by atoms with E-state index in [1.807, 2.05) is 24.3 Å². The molecule has 60 valence electrons. The predicted molar refractivity (Wildman–Crippen MR) is 45.9 cm³/mol. The summed E-state index contributed by atoms with van der Waals surface area (Å²) in [5.41, 5.74) is 4.09. The van der Waals surface area contributed by atoms with Crippen molar-refractivity contribution in [2.45, 2.75) is 19.8 Å². The smallest absolute Gasteiger partial charge is 0.0604 e. The highest BCUT2D eigenvalue weighted by atomic mass is 16.5. The van der Waals surface area contributed by atoms with E-state index in [0.29, 0.717) is 5.92 Å². The zero-order valence-corrected chi connectivity index (χ0v) is 6.83. The fourth-order valence-corrected chi connectivity index (χ4v) is 0.967. The van der Waals surface area contributed by atoms with Crippen LogP contribution in [0.1, 0.15) is 25.3 Å². The van der Waals surface area contributed by atoms with Gasteiger partial charge in [-0.2, -0.15) is 0 Å². The maximum Gasteiger partial charge on any atom is 0.0604 e. The van der Waals surface area contributed by atoms with Crippen LogP contribution in [0.15, 0.2) is 24.3 Å². The molecule has 0 bridgehead atoms. The Balaban J connectivity index is 2.91. The molecular formula is C9H13NO. The number of hydrogen-bond acceptors (Lipinski definition) is 2. The van der Waals surface area contributed by atoms with Gasteiger partial charge in [-0.25, -0.2) is 0 Å². The zero-order chi connectivity index (χ0) is 8.27. The molecule has 1 aromatic carbocycles. The fourth-order valence-electron chi connectivity index (χ4n) is 0.967. The second-order valence-corrected chi connectivity index (χ2v) is 2.89. The van der Waals surface area contributed by atoms with E-state index in [4.69, 9.17) is 5.21 Å². The Morgan fingerprint density at radius 3 is 2.64 bits per heavy atom. The maximum absolute atomic E-state index is 8.59. The van der Waals surface area contributed by atoms with Crippen LogP contribution in [-0.2, 0) is 0 Å². The Bertz CT molecular complexity index is 233. The van der Waals surface area contributed by atoms with Crippen LogP contribution in [0.25, 0.3) is 0 Å². The van der Waals surface area contributed by atoms with Crippen LogP contribution in [0.5, 0.6) is 0 Å². The number of hydrogen-bond donors (Lipinski definition) is 2. The van der Waals surface area contributed by atoms with E-state index in [2.05, 4.69) is 19.3 Å². The van der Waals surface area contributed by atoms with Crippen LogP contribution in [0, 0.1) is 0 Å². The Kier molecular flexibility index (Phi) is 2.49. The molecule has 0 saturated heterocycles. The number of benzene rings is 1. The molecule has 0 fully saturated rings. The molecule has 0 amide bonds. The molecule has 0 heterocycles. The second kappa shape index (κ2) is 3.39. The van der Waals surface area contributed by atoms with Crippen molar-refractivity contribution in [3.05, 3.63) is 29.8 Å². The van der Waals surface area contributed by atoms with Crippen molar-refractivity contribution in [1.82, 2.24) is 0 Å². The van der Waals surface area contributed by atoms with Crippen molar-refractivity contribution in [2.24, 2.45) is 0 Å². The molecule has 0 atom stereocenters. The average molecular weight is 151 g/mol.